The van der Waals surface area contributed by atoms with E-state index in [4.69, 9.17) is 23.7 Å². The number of aromatic hydroxyl groups is 1. The fourth-order valence-electron chi connectivity index (χ4n) is 4.37. The molecule has 194 valence electrons. The zero-order chi connectivity index (χ0) is 25.8. The highest BCUT2D eigenvalue weighted by Crippen LogP contribution is 2.39. The molecule has 1 aromatic rings. The third-order valence-electron chi connectivity index (χ3n) is 6.33. The molecule has 0 saturated carbocycles. The quantitative estimate of drug-likeness (QED) is 0.231. The fraction of sp³-hybridized carbons (Fsp3) is 0.440. The Hall–Kier alpha value is -3.22. The fourth-order valence-corrected chi connectivity index (χ4v) is 4.37. The number of rotatable bonds is 7. The number of cyclic esters (lactones) is 1. The Balaban J connectivity index is 1.51. The van der Waals surface area contributed by atoms with Crippen molar-refractivity contribution in [2.24, 2.45) is 11.8 Å². The van der Waals surface area contributed by atoms with Crippen LogP contribution >= 0.6 is 0 Å². The van der Waals surface area contributed by atoms with E-state index < -0.39 is 61.5 Å². The molecule has 0 unspecified atom stereocenters. The minimum atomic E-state index is -1.64. The molecule has 0 radical (unpaired) electrons. The van der Waals surface area contributed by atoms with Gasteiger partial charge in [-0.15, -0.1) is 6.58 Å². The Morgan fingerprint density at radius 1 is 1.17 bits per heavy atom. The van der Waals surface area contributed by atoms with Crippen molar-refractivity contribution in [2.45, 2.75) is 43.4 Å². The van der Waals surface area contributed by atoms with Crippen molar-refractivity contribution in [3.63, 3.8) is 0 Å². The molecule has 3 heterocycles. The largest absolute Gasteiger partial charge is 0.508 e. The zero-order valence-electron chi connectivity index (χ0n) is 19.2. The number of ether oxygens (including phenoxy) is 5. The van der Waals surface area contributed by atoms with Crippen LogP contribution in [0.25, 0.3) is 6.08 Å². The van der Waals surface area contributed by atoms with Gasteiger partial charge in [0, 0.05) is 17.9 Å². The van der Waals surface area contributed by atoms with Gasteiger partial charge in [0.1, 0.15) is 24.1 Å². The Kier molecular flexibility index (Phi) is 8.07. The van der Waals surface area contributed by atoms with E-state index in [0.29, 0.717) is 17.6 Å². The molecule has 0 amide bonds. The van der Waals surface area contributed by atoms with Crippen LogP contribution in [0.1, 0.15) is 12.0 Å². The van der Waals surface area contributed by atoms with Crippen LogP contribution in [0.2, 0.25) is 0 Å². The van der Waals surface area contributed by atoms with E-state index in [9.17, 15) is 30.0 Å². The second kappa shape index (κ2) is 11.2. The smallest absolute Gasteiger partial charge is 0.337 e. The van der Waals surface area contributed by atoms with Crippen molar-refractivity contribution < 1.29 is 53.7 Å². The van der Waals surface area contributed by atoms with Gasteiger partial charge in [-0.2, -0.15) is 0 Å². The van der Waals surface area contributed by atoms with Gasteiger partial charge in [0.2, 0.25) is 12.6 Å². The molecule has 2 fully saturated rings. The predicted octanol–water partition coefficient (Wildman–Crippen LogP) is 0.378. The van der Waals surface area contributed by atoms with Crippen molar-refractivity contribution in [3.05, 3.63) is 60.4 Å². The maximum Gasteiger partial charge on any atom is 0.337 e. The molecule has 8 atom stereocenters. The Labute approximate surface area is 206 Å². The first-order chi connectivity index (χ1) is 17.3. The topological polar surface area (TPSA) is 161 Å². The van der Waals surface area contributed by atoms with E-state index in [2.05, 4.69) is 6.58 Å². The molecule has 1 aromatic carbocycles. The van der Waals surface area contributed by atoms with Gasteiger partial charge in [-0.25, -0.2) is 9.59 Å². The number of fused-ring (bicyclic) bond motifs is 1. The SMILES string of the molecule is C=C[C@H]1[C@H](O[C@@H]2O[C@H](CO)[C@@H](O)[C@H](O)[C@H]2OC(=O)C=Cc2ccc(O)cc2)OC=C2C(=O)OCC[C@H]21. The molecule has 3 aliphatic heterocycles. The van der Waals surface area contributed by atoms with Crippen molar-refractivity contribution >= 4 is 18.0 Å². The summed E-state index contributed by atoms with van der Waals surface area (Å²) in [5.41, 5.74) is 0.956. The Bertz CT molecular complexity index is 1020. The highest BCUT2D eigenvalue weighted by atomic mass is 16.8. The van der Waals surface area contributed by atoms with Gasteiger partial charge >= 0.3 is 11.9 Å². The third-order valence-corrected chi connectivity index (χ3v) is 6.33. The lowest BCUT2D eigenvalue weighted by molar-refractivity contribution is -0.340. The molecule has 0 spiro atoms. The molecule has 4 N–H and O–H groups in total. The predicted molar refractivity (Wildman–Crippen MR) is 122 cm³/mol. The van der Waals surface area contributed by atoms with Crippen molar-refractivity contribution in [1.29, 1.82) is 0 Å². The van der Waals surface area contributed by atoms with Gasteiger partial charge in [-0.05, 0) is 30.2 Å². The van der Waals surface area contributed by atoms with Crippen LogP contribution in [0.15, 0.2) is 54.8 Å². The summed E-state index contributed by atoms with van der Waals surface area (Å²) < 4.78 is 27.6. The maximum atomic E-state index is 12.5. The summed E-state index contributed by atoms with van der Waals surface area (Å²) in [6.07, 6.45) is -2.47. The zero-order valence-corrected chi connectivity index (χ0v) is 19.2. The van der Waals surface area contributed by atoms with Crippen LogP contribution in [0.3, 0.4) is 0 Å². The molecule has 0 aromatic heterocycles. The molecule has 0 aliphatic carbocycles. The molecule has 11 nitrogen and oxygen atoms in total. The van der Waals surface area contributed by atoms with E-state index in [0.717, 1.165) is 6.08 Å². The number of aliphatic hydroxyl groups is 3. The number of hydrogen-bond acceptors (Lipinski definition) is 11. The third kappa shape index (κ3) is 5.45. The molecular weight excluding hydrogens is 476 g/mol. The maximum absolute atomic E-state index is 12.5. The lowest BCUT2D eigenvalue weighted by Crippen LogP contribution is -2.61. The number of carbonyl (C=O) groups is 2. The monoisotopic (exact) mass is 504 g/mol. The standard InChI is InChI=1S/C25H28O11/c1-2-15-16-9-10-32-23(31)17(16)12-33-24(15)36-25-22(21(30)20(29)18(11-26)34-25)35-19(28)8-5-13-3-6-14(27)7-4-13/h2-8,12,15-16,18,20-22,24-27,29-30H,1,9-11H2/t15-,16+,18-,20-,21+,22-,24+,25+/m1/s1. The van der Waals surface area contributed by atoms with E-state index >= 15 is 0 Å². The molecule has 4 rings (SSSR count). The molecule has 0 bridgehead atoms. The molecule has 2 saturated heterocycles. The number of aliphatic hydroxyl groups excluding tert-OH is 3. The van der Waals surface area contributed by atoms with E-state index in [1.807, 2.05) is 0 Å². The van der Waals surface area contributed by atoms with Gasteiger partial charge in [-0.1, -0.05) is 18.2 Å². The van der Waals surface area contributed by atoms with Crippen LogP contribution in [-0.2, 0) is 33.3 Å². The summed E-state index contributed by atoms with van der Waals surface area (Å²) in [6, 6.07) is 6.06. The highest BCUT2D eigenvalue weighted by Gasteiger charge is 2.50. The first kappa shape index (κ1) is 25.9. The number of esters is 2. The average molecular weight is 504 g/mol. The minimum Gasteiger partial charge on any atom is -0.508 e. The number of carbonyl (C=O) groups excluding carboxylic acids is 2. The first-order valence-electron chi connectivity index (χ1n) is 11.4. The van der Waals surface area contributed by atoms with E-state index in [1.54, 1.807) is 18.2 Å². The van der Waals surface area contributed by atoms with Crippen molar-refractivity contribution in [2.75, 3.05) is 13.2 Å². The Morgan fingerprint density at radius 2 is 1.92 bits per heavy atom. The molecule has 36 heavy (non-hydrogen) atoms. The normalized spacial score (nSPS) is 34.2. The van der Waals surface area contributed by atoms with Crippen molar-refractivity contribution in [1.82, 2.24) is 0 Å². The van der Waals surface area contributed by atoms with Gasteiger partial charge in [-0.3, -0.25) is 0 Å². The lowest BCUT2D eigenvalue weighted by atomic mass is 9.81. The van der Waals surface area contributed by atoms with Crippen molar-refractivity contribution in [3.8, 4) is 5.75 Å². The van der Waals surface area contributed by atoms with Crippen LogP contribution in [0, 0.1) is 11.8 Å². The van der Waals surface area contributed by atoms with Crippen LogP contribution in [0.5, 0.6) is 5.75 Å². The second-order valence-electron chi connectivity index (χ2n) is 8.59. The van der Waals surface area contributed by atoms with Gasteiger partial charge in [0.25, 0.3) is 0 Å². The summed E-state index contributed by atoms with van der Waals surface area (Å²) in [5.74, 6) is -2.06. The summed E-state index contributed by atoms with van der Waals surface area (Å²) in [5, 5.41) is 39.9. The summed E-state index contributed by atoms with van der Waals surface area (Å²) in [6.45, 7) is 3.40. The number of benzene rings is 1. The van der Waals surface area contributed by atoms with Gasteiger partial charge < -0.3 is 44.1 Å². The second-order valence-corrected chi connectivity index (χ2v) is 8.59. The van der Waals surface area contributed by atoms with Gasteiger partial charge in [0.15, 0.2) is 6.10 Å². The van der Waals surface area contributed by atoms with E-state index in [1.165, 1.54) is 24.5 Å². The molecular formula is C25H28O11. The van der Waals surface area contributed by atoms with E-state index in [-0.39, 0.29) is 18.3 Å². The van der Waals surface area contributed by atoms with Crippen LogP contribution in [-0.4, -0.2) is 82.6 Å². The molecule has 11 heteroatoms. The molecule has 3 aliphatic rings. The first-order valence-corrected chi connectivity index (χ1v) is 11.4. The van der Waals surface area contributed by atoms with Gasteiger partial charge in [0.05, 0.1) is 25.0 Å². The summed E-state index contributed by atoms with van der Waals surface area (Å²) in [7, 11) is 0. The number of phenols is 1. The van der Waals surface area contributed by atoms with Crippen LogP contribution < -0.4 is 0 Å². The summed E-state index contributed by atoms with van der Waals surface area (Å²) in [4.78, 5) is 24.6. The summed E-state index contributed by atoms with van der Waals surface area (Å²) >= 11 is 0. The minimum absolute atomic E-state index is 0.0689. The number of phenolic OH excluding ortho intramolecular Hbond substituents is 1. The van der Waals surface area contributed by atoms with Crippen LogP contribution in [0.4, 0.5) is 0 Å². The Morgan fingerprint density at radius 3 is 2.61 bits per heavy atom. The lowest BCUT2D eigenvalue weighted by Gasteiger charge is -2.44. The number of hydrogen-bond donors (Lipinski definition) is 4. The average Bonchev–Trinajstić information content (AvgIpc) is 2.88. The highest BCUT2D eigenvalue weighted by molar-refractivity contribution is 5.89.